The highest BCUT2D eigenvalue weighted by molar-refractivity contribution is 8.17. The summed E-state index contributed by atoms with van der Waals surface area (Å²) in [5.41, 5.74) is 2.74. The van der Waals surface area contributed by atoms with E-state index in [1.165, 1.54) is 11.8 Å². The standard InChI is InChI=1S/C27H20ClN3O3S/c28-22-11-4-5-12-24(22)34-14-13-33-20-10-6-7-18(15-20)16-21-25(29)31-23(19-8-2-1-3-9-19)17-35-27(31)30-26(21)32/h1-12,15-17,29H,13-14H2/b21-16-,29-25?. The molecule has 0 saturated heterocycles. The number of carbonyl (C=O) groups excluding carboxylic acids is 1. The molecule has 3 aromatic carbocycles. The lowest BCUT2D eigenvalue weighted by molar-refractivity contribution is -0.114. The fourth-order valence-corrected chi connectivity index (χ4v) is 4.73. The minimum absolute atomic E-state index is 0.0968. The van der Waals surface area contributed by atoms with Gasteiger partial charge < -0.3 is 9.47 Å². The second-order valence-corrected chi connectivity index (χ2v) is 8.87. The van der Waals surface area contributed by atoms with Crippen molar-refractivity contribution in [3.05, 3.63) is 106 Å². The molecule has 1 N–H and O–H groups in total. The molecule has 0 unspecified atom stereocenters. The van der Waals surface area contributed by atoms with Crippen molar-refractivity contribution < 1.29 is 14.3 Å². The summed E-state index contributed by atoms with van der Waals surface area (Å²) < 4.78 is 11.5. The highest BCUT2D eigenvalue weighted by atomic mass is 35.5. The van der Waals surface area contributed by atoms with Gasteiger partial charge in [-0.25, -0.2) is 0 Å². The Balaban J connectivity index is 1.29. The zero-order chi connectivity index (χ0) is 24.2. The number of hydrogen-bond acceptors (Lipinski definition) is 5. The monoisotopic (exact) mass is 501 g/mol. The number of nitrogens with one attached hydrogen (secondary N) is 1. The zero-order valence-electron chi connectivity index (χ0n) is 18.5. The number of aliphatic imine (C=N–C) groups is 1. The van der Waals surface area contributed by atoms with Crippen LogP contribution in [-0.2, 0) is 4.79 Å². The molecule has 3 aromatic rings. The van der Waals surface area contributed by atoms with E-state index in [1.54, 1.807) is 23.1 Å². The first kappa shape index (κ1) is 23.0. The average Bonchev–Trinajstić information content (AvgIpc) is 3.30. The molecule has 2 aliphatic rings. The van der Waals surface area contributed by atoms with Gasteiger partial charge in [0.1, 0.15) is 30.5 Å². The Morgan fingerprint density at radius 3 is 2.57 bits per heavy atom. The molecule has 5 rings (SSSR count). The number of halogens is 1. The van der Waals surface area contributed by atoms with Crippen molar-refractivity contribution >= 4 is 52.0 Å². The number of amides is 1. The predicted octanol–water partition coefficient (Wildman–Crippen LogP) is 6.10. The van der Waals surface area contributed by atoms with E-state index in [1.807, 2.05) is 72.1 Å². The quantitative estimate of drug-likeness (QED) is 0.312. The lowest BCUT2D eigenvalue weighted by Gasteiger charge is -2.26. The van der Waals surface area contributed by atoms with E-state index in [0.717, 1.165) is 16.8 Å². The smallest absolute Gasteiger partial charge is 0.283 e. The Hall–Kier alpha value is -3.81. The largest absolute Gasteiger partial charge is 0.490 e. The topological polar surface area (TPSA) is 75.0 Å². The molecule has 0 saturated carbocycles. The van der Waals surface area contributed by atoms with Crippen LogP contribution in [0.2, 0.25) is 5.02 Å². The molecular weight excluding hydrogens is 482 g/mol. The number of ether oxygens (including phenoxy) is 2. The van der Waals surface area contributed by atoms with E-state index in [0.29, 0.717) is 34.9 Å². The van der Waals surface area contributed by atoms with Crippen LogP contribution in [-0.4, -0.2) is 35.0 Å². The number of benzene rings is 3. The van der Waals surface area contributed by atoms with Crippen LogP contribution < -0.4 is 9.47 Å². The number of amidine groups is 2. The van der Waals surface area contributed by atoms with E-state index in [9.17, 15) is 4.79 Å². The van der Waals surface area contributed by atoms with Crippen LogP contribution >= 0.6 is 23.4 Å². The molecule has 0 aromatic heterocycles. The second-order valence-electron chi connectivity index (χ2n) is 7.63. The van der Waals surface area contributed by atoms with Crippen LogP contribution in [0.5, 0.6) is 11.5 Å². The zero-order valence-corrected chi connectivity index (χ0v) is 20.1. The van der Waals surface area contributed by atoms with Gasteiger partial charge in [0.2, 0.25) is 0 Å². The van der Waals surface area contributed by atoms with Gasteiger partial charge in [-0.3, -0.25) is 15.1 Å². The first-order valence-electron chi connectivity index (χ1n) is 10.9. The third kappa shape index (κ3) is 5.01. The maximum Gasteiger partial charge on any atom is 0.283 e. The van der Waals surface area contributed by atoms with Crippen LogP contribution in [0.3, 0.4) is 0 Å². The summed E-state index contributed by atoms with van der Waals surface area (Å²) in [6.07, 6.45) is 1.67. The van der Waals surface area contributed by atoms with Crippen LogP contribution in [0.25, 0.3) is 11.8 Å². The number of fused-ring (bicyclic) bond motifs is 1. The SMILES string of the molecule is N=C1/C(=C/c2cccc(OCCOc3ccccc3Cl)c2)C(=O)N=C2SC=C(c3ccccc3)N12. The molecule has 0 bridgehead atoms. The summed E-state index contributed by atoms with van der Waals surface area (Å²) >= 11 is 7.44. The summed E-state index contributed by atoms with van der Waals surface area (Å²) in [6.45, 7) is 0.654. The van der Waals surface area contributed by atoms with E-state index >= 15 is 0 Å². The maximum absolute atomic E-state index is 12.7. The minimum atomic E-state index is -0.434. The summed E-state index contributed by atoms with van der Waals surface area (Å²) in [7, 11) is 0. The molecule has 0 fully saturated rings. The van der Waals surface area contributed by atoms with Crippen molar-refractivity contribution in [2.75, 3.05) is 13.2 Å². The van der Waals surface area contributed by atoms with Gasteiger partial charge in [0.05, 0.1) is 16.3 Å². The molecule has 1 amide bonds. The summed E-state index contributed by atoms with van der Waals surface area (Å²) in [5.74, 6) is 0.896. The Morgan fingerprint density at radius 2 is 1.74 bits per heavy atom. The molecule has 0 atom stereocenters. The highest BCUT2D eigenvalue weighted by Gasteiger charge is 2.36. The van der Waals surface area contributed by atoms with Gasteiger partial charge in [-0.05, 0) is 41.5 Å². The lowest BCUT2D eigenvalue weighted by atomic mass is 10.1. The number of para-hydroxylation sites is 1. The number of hydrogen-bond donors (Lipinski definition) is 1. The van der Waals surface area contributed by atoms with Gasteiger partial charge in [0.15, 0.2) is 5.17 Å². The van der Waals surface area contributed by atoms with Crippen molar-refractivity contribution in [1.29, 1.82) is 5.41 Å². The van der Waals surface area contributed by atoms with E-state index in [-0.39, 0.29) is 11.4 Å². The fraction of sp³-hybridized carbons (Fsp3) is 0.0741. The minimum Gasteiger partial charge on any atom is -0.490 e. The Labute approximate surface area is 212 Å². The second kappa shape index (κ2) is 10.2. The van der Waals surface area contributed by atoms with Crippen molar-refractivity contribution in [3.63, 3.8) is 0 Å². The molecule has 0 aliphatic carbocycles. The number of thioether (sulfide) groups is 1. The normalized spacial score (nSPS) is 16.1. The van der Waals surface area contributed by atoms with Gasteiger partial charge in [0, 0.05) is 5.41 Å². The van der Waals surface area contributed by atoms with Crippen LogP contribution in [0.4, 0.5) is 0 Å². The maximum atomic E-state index is 12.7. The highest BCUT2D eigenvalue weighted by Crippen LogP contribution is 2.37. The summed E-state index contributed by atoms with van der Waals surface area (Å²) in [6, 6.07) is 24.4. The van der Waals surface area contributed by atoms with Crippen LogP contribution in [0, 0.1) is 5.41 Å². The van der Waals surface area contributed by atoms with E-state index in [4.69, 9.17) is 26.5 Å². The molecule has 8 heteroatoms. The van der Waals surface area contributed by atoms with Crippen molar-refractivity contribution in [2.45, 2.75) is 0 Å². The molecule has 0 radical (unpaired) electrons. The van der Waals surface area contributed by atoms with Gasteiger partial charge in [0.25, 0.3) is 5.91 Å². The van der Waals surface area contributed by atoms with Crippen molar-refractivity contribution in [2.24, 2.45) is 4.99 Å². The third-order valence-corrected chi connectivity index (χ3v) is 6.44. The first-order valence-corrected chi connectivity index (χ1v) is 12.1. The Morgan fingerprint density at radius 1 is 0.971 bits per heavy atom. The van der Waals surface area contributed by atoms with Gasteiger partial charge >= 0.3 is 0 Å². The molecule has 6 nitrogen and oxygen atoms in total. The number of carbonyl (C=O) groups is 1. The van der Waals surface area contributed by atoms with Crippen molar-refractivity contribution in [3.8, 4) is 11.5 Å². The van der Waals surface area contributed by atoms with E-state index < -0.39 is 5.91 Å². The Bertz CT molecular complexity index is 1390. The average molecular weight is 502 g/mol. The first-order chi connectivity index (χ1) is 17.1. The summed E-state index contributed by atoms with van der Waals surface area (Å²) in [5, 5.41) is 11.7. The summed E-state index contributed by atoms with van der Waals surface area (Å²) in [4.78, 5) is 18.7. The molecule has 174 valence electrons. The number of rotatable bonds is 7. The van der Waals surface area contributed by atoms with Crippen molar-refractivity contribution in [1.82, 2.24) is 4.90 Å². The third-order valence-electron chi connectivity index (χ3n) is 5.30. The number of nitrogens with zero attached hydrogens (tertiary/aromatic N) is 2. The molecular formula is C27H20ClN3O3S. The molecule has 2 aliphatic heterocycles. The van der Waals surface area contributed by atoms with Crippen LogP contribution in [0.15, 0.2) is 94.8 Å². The van der Waals surface area contributed by atoms with Gasteiger partial charge in [-0.2, -0.15) is 4.99 Å². The molecule has 35 heavy (non-hydrogen) atoms. The predicted molar refractivity (Wildman–Crippen MR) is 141 cm³/mol. The van der Waals surface area contributed by atoms with Gasteiger partial charge in [-0.1, -0.05) is 78.0 Å². The Kier molecular flexibility index (Phi) is 6.70. The van der Waals surface area contributed by atoms with Crippen LogP contribution in [0.1, 0.15) is 11.1 Å². The molecule has 0 spiro atoms. The lowest BCUT2D eigenvalue weighted by Crippen LogP contribution is -2.38. The van der Waals surface area contributed by atoms with Gasteiger partial charge in [-0.15, -0.1) is 0 Å². The fourth-order valence-electron chi connectivity index (χ4n) is 3.65. The van der Waals surface area contributed by atoms with E-state index in [2.05, 4.69) is 4.99 Å². The molecule has 2 heterocycles.